The van der Waals surface area contributed by atoms with E-state index in [2.05, 4.69) is 0 Å². The summed E-state index contributed by atoms with van der Waals surface area (Å²) in [4.78, 5) is -0.322. The maximum Gasteiger partial charge on any atom is 0.295 e. The topological polar surface area (TPSA) is 112 Å². The Morgan fingerprint density at radius 2 is 1.83 bits per heavy atom. The lowest BCUT2D eigenvalue weighted by Crippen LogP contribution is -2.06. The highest BCUT2D eigenvalue weighted by atomic mass is 32.2. The second-order valence-corrected chi connectivity index (χ2v) is 9.34. The van der Waals surface area contributed by atoms with Crippen LogP contribution in [0.4, 0.5) is 0 Å². The van der Waals surface area contributed by atoms with E-state index < -0.39 is 30.0 Å². The summed E-state index contributed by atoms with van der Waals surface area (Å²) in [6.45, 7) is 3.73. The third-order valence-electron chi connectivity index (χ3n) is 3.49. The van der Waals surface area contributed by atoms with Crippen LogP contribution >= 0.6 is 0 Å². The summed E-state index contributed by atoms with van der Waals surface area (Å²) in [6.07, 6.45) is 1.83. The molecule has 0 radical (unpaired) electrons. The van der Waals surface area contributed by atoms with Gasteiger partial charge in [0.25, 0.3) is 15.0 Å². The maximum absolute atomic E-state index is 11.7. The Morgan fingerprint density at radius 1 is 1.17 bits per heavy atom. The zero-order valence-electron chi connectivity index (χ0n) is 12.6. The van der Waals surface area contributed by atoms with Crippen molar-refractivity contribution < 1.29 is 25.9 Å². The van der Waals surface area contributed by atoms with Gasteiger partial charge in [-0.25, -0.2) is 8.42 Å². The van der Waals surface area contributed by atoms with E-state index in [1.54, 1.807) is 12.1 Å². The predicted octanol–water partition coefficient (Wildman–Crippen LogP) is 1.93. The molecule has 0 unspecified atom stereocenters. The first-order valence-corrected chi connectivity index (χ1v) is 10.4. The summed E-state index contributed by atoms with van der Waals surface area (Å²) in [5.41, 5.74) is 1.59. The molecule has 0 saturated heterocycles. The summed E-state index contributed by atoms with van der Waals surface area (Å²) < 4.78 is 67.6. The van der Waals surface area contributed by atoms with Crippen molar-refractivity contribution in [2.75, 3.05) is 0 Å². The van der Waals surface area contributed by atoms with Crippen LogP contribution in [0.25, 0.3) is 10.8 Å². The van der Waals surface area contributed by atoms with Gasteiger partial charge < -0.3 is 4.55 Å². The van der Waals surface area contributed by atoms with Gasteiger partial charge in [-0.15, -0.1) is 0 Å². The average molecular weight is 384 g/mol. The Balaban J connectivity index is 2.57. The molecule has 0 bridgehead atoms. The highest BCUT2D eigenvalue weighted by Gasteiger charge is 2.36. The van der Waals surface area contributed by atoms with Crippen molar-refractivity contribution in [3.05, 3.63) is 41.5 Å². The summed E-state index contributed by atoms with van der Waals surface area (Å²) in [5.74, 6) is 0. The smallest absolute Gasteiger partial charge is 0.295 e. The highest BCUT2D eigenvalue weighted by Crippen LogP contribution is 2.38. The van der Waals surface area contributed by atoms with Gasteiger partial charge in [0, 0.05) is 11.5 Å². The van der Waals surface area contributed by atoms with E-state index in [0.717, 1.165) is 23.0 Å². The second kappa shape index (κ2) is 5.43. The highest BCUT2D eigenvalue weighted by molar-refractivity contribution is 7.87. The van der Waals surface area contributed by atoms with Gasteiger partial charge in [-0.05, 0) is 26.0 Å². The standard InChI is InChI=1S/C15H12O6S3/c1-8(2)6-11-9-4-3-5-10-12(23(16,17)18)7-13(24(19,20)21)15(22-11)14(9)10/h3-7H,1-2H3,(H-,16,17,18,19,20,21). The molecule has 0 aliphatic carbocycles. The van der Waals surface area contributed by atoms with Gasteiger partial charge in [0.05, 0.1) is 10.9 Å². The normalized spacial score (nSPS) is 13.9. The van der Waals surface area contributed by atoms with E-state index in [0.29, 0.717) is 15.8 Å². The van der Waals surface area contributed by atoms with E-state index >= 15 is 0 Å². The molecule has 1 N–H and O–H groups in total. The molecule has 0 amide bonds. The monoisotopic (exact) mass is 384 g/mol. The molecule has 1 heterocycles. The van der Waals surface area contributed by atoms with E-state index in [9.17, 15) is 25.9 Å². The molecule has 1 aliphatic rings. The van der Waals surface area contributed by atoms with Crippen LogP contribution in [0.1, 0.15) is 19.4 Å². The minimum atomic E-state index is -4.92. The van der Waals surface area contributed by atoms with Crippen molar-refractivity contribution in [1.82, 2.24) is 0 Å². The van der Waals surface area contributed by atoms with Gasteiger partial charge in [-0.1, -0.05) is 17.7 Å². The first-order valence-electron chi connectivity index (χ1n) is 6.73. The number of hydrogen-bond acceptors (Lipinski definition) is 5. The molecule has 126 valence electrons. The lowest BCUT2D eigenvalue weighted by molar-refractivity contribution is 0.461. The van der Waals surface area contributed by atoms with Crippen LogP contribution in [-0.4, -0.2) is 30.8 Å². The van der Waals surface area contributed by atoms with E-state index in [1.165, 1.54) is 6.07 Å². The van der Waals surface area contributed by atoms with Gasteiger partial charge in [0.2, 0.25) is 16.2 Å². The van der Waals surface area contributed by atoms with Crippen molar-refractivity contribution in [1.29, 1.82) is 0 Å². The van der Waals surface area contributed by atoms with Gasteiger partial charge >= 0.3 is 0 Å². The van der Waals surface area contributed by atoms with Gasteiger partial charge in [-0.3, -0.25) is 4.55 Å². The van der Waals surface area contributed by atoms with Gasteiger partial charge in [0.1, 0.15) is 19.9 Å². The molecule has 3 rings (SSSR count). The molecule has 1 aliphatic heterocycles. The predicted molar refractivity (Wildman–Crippen MR) is 90.9 cm³/mol. The molecule has 0 saturated carbocycles. The van der Waals surface area contributed by atoms with Crippen LogP contribution in [0, 0.1) is 0 Å². The average Bonchev–Trinajstić information content (AvgIpc) is 2.76. The van der Waals surface area contributed by atoms with Crippen LogP contribution in [0.3, 0.4) is 0 Å². The lowest BCUT2D eigenvalue weighted by atomic mass is 10.0. The number of benzene rings is 2. The Morgan fingerprint density at radius 3 is 2.38 bits per heavy atom. The molecule has 2 aromatic rings. The zero-order valence-corrected chi connectivity index (χ0v) is 15.0. The van der Waals surface area contributed by atoms with Crippen molar-refractivity contribution in [3.8, 4) is 0 Å². The first kappa shape index (κ1) is 17.2. The number of rotatable bonds is 3. The lowest BCUT2D eigenvalue weighted by Gasteiger charge is -2.10. The molecule has 0 atom stereocenters. The minimum Gasteiger partial charge on any atom is -0.744 e. The van der Waals surface area contributed by atoms with Crippen LogP contribution in [0.15, 0.2) is 50.6 Å². The Bertz CT molecular complexity index is 1150. The van der Waals surface area contributed by atoms with E-state index in [-0.39, 0.29) is 10.3 Å². The quantitative estimate of drug-likeness (QED) is 0.375. The van der Waals surface area contributed by atoms with Crippen LogP contribution < -0.4 is 0 Å². The second-order valence-electron chi connectivity index (χ2n) is 5.55. The van der Waals surface area contributed by atoms with Crippen molar-refractivity contribution >= 4 is 47.2 Å². The SMILES string of the molecule is CC(C)=CC1=[S+]c2c(S(=O)(=O)[O-])cc(S(=O)(=O)O)c3cccc1c23. The minimum absolute atomic E-state index is 0.182. The molecule has 6 nitrogen and oxygen atoms in total. The largest absolute Gasteiger partial charge is 0.744 e. The van der Waals surface area contributed by atoms with Gasteiger partial charge in [-0.2, -0.15) is 8.42 Å². The summed E-state index contributed by atoms with van der Waals surface area (Å²) >= 11 is 1.10. The van der Waals surface area contributed by atoms with E-state index in [1.807, 2.05) is 19.9 Å². The molecule has 9 heteroatoms. The third-order valence-corrected chi connectivity index (χ3v) is 6.56. The van der Waals surface area contributed by atoms with Gasteiger partial charge in [0.15, 0.2) is 0 Å². The first-order chi connectivity index (χ1) is 11.0. The molecular weight excluding hydrogens is 372 g/mol. The summed E-state index contributed by atoms with van der Waals surface area (Å²) in [6, 6.07) is 5.54. The van der Waals surface area contributed by atoms with Crippen molar-refractivity contribution in [2.24, 2.45) is 0 Å². The van der Waals surface area contributed by atoms with Crippen LogP contribution in [-0.2, 0) is 31.6 Å². The molecule has 24 heavy (non-hydrogen) atoms. The number of allylic oxidation sites excluding steroid dienone is 2. The molecule has 0 spiro atoms. The Labute approximate surface area is 143 Å². The van der Waals surface area contributed by atoms with Crippen LogP contribution in [0.2, 0.25) is 0 Å². The van der Waals surface area contributed by atoms with Crippen LogP contribution in [0.5, 0.6) is 0 Å². The molecule has 0 aromatic heterocycles. The van der Waals surface area contributed by atoms with Crippen molar-refractivity contribution in [3.63, 3.8) is 0 Å². The summed E-state index contributed by atoms with van der Waals surface area (Å²) in [7, 11) is -9.61. The number of hydrogen-bond donors (Lipinski definition) is 1. The summed E-state index contributed by atoms with van der Waals surface area (Å²) in [5, 5.41) is 0.529. The zero-order chi connectivity index (χ0) is 17.9. The van der Waals surface area contributed by atoms with Crippen molar-refractivity contribution in [2.45, 2.75) is 28.5 Å². The third kappa shape index (κ3) is 2.78. The molecular formula is C15H12O6S3. The molecule has 0 fully saturated rings. The fourth-order valence-electron chi connectivity index (χ4n) is 2.63. The fraction of sp³-hybridized carbons (Fsp3) is 0.133. The maximum atomic E-state index is 11.7. The molecule has 2 aromatic carbocycles. The Hall–Kier alpha value is -1.65. The Kier molecular flexibility index (Phi) is 3.89. The fourth-order valence-corrected chi connectivity index (χ4v) is 5.72. The van der Waals surface area contributed by atoms with E-state index in [4.69, 9.17) is 0 Å².